The number of rotatable bonds is 5. The molecule has 0 atom stereocenters. The van der Waals surface area contributed by atoms with Crippen LogP contribution < -0.4 is 15.1 Å². The lowest BCUT2D eigenvalue weighted by Gasteiger charge is -2.33. The fourth-order valence-electron chi connectivity index (χ4n) is 4.76. The molecule has 188 valence electrons. The van der Waals surface area contributed by atoms with Crippen LogP contribution in [0.3, 0.4) is 0 Å². The third kappa shape index (κ3) is 4.78. The van der Waals surface area contributed by atoms with Crippen molar-refractivity contribution in [2.24, 2.45) is 0 Å². The zero-order valence-corrected chi connectivity index (χ0v) is 20.4. The monoisotopic (exact) mass is 508 g/mol. The van der Waals surface area contributed by atoms with Crippen LogP contribution in [0.1, 0.15) is 49.6 Å². The summed E-state index contributed by atoms with van der Waals surface area (Å²) in [6.45, 7) is 5.76. The molecule has 5 rings (SSSR count). The van der Waals surface area contributed by atoms with Gasteiger partial charge in [0.25, 0.3) is 0 Å². The van der Waals surface area contributed by atoms with Crippen molar-refractivity contribution in [2.45, 2.75) is 64.8 Å². The van der Waals surface area contributed by atoms with E-state index in [1.54, 1.807) is 11.3 Å². The second-order valence-corrected chi connectivity index (χ2v) is 10.1. The van der Waals surface area contributed by atoms with Gasteiger partial charge in [0.05, 0.1) is 11.9 Å². The highest BCUT2D eigenvalue weighted by Crippen LogP contribution is 2.36. The molecule has 0 radical (unpaired) electrons. The fourth-order valence-corrected chi connectivity index (χ4v) is 5.88. The van der Waals surface area contributed by atoms with Gasteiger partial charge in [-0.2, -0.15) is 18.2 Å². The highest BCUT2D eigenvalue weighted by Gasteiger charge is 2.40. The number of piperidine rings is 1. The summed E-state index contributed by atoms with van der Waals surface area (Å²) in [5.74, 6) is 0.620. The van der Waals surface area contributed by atoms with E-state index in [4.69, 9.17) is 9.97 Å². The number of nitrogens with one attached hydrogen (secondary N) is 1. The first kappa shape index (κ1) is 23.8. The largest absolute Gasteiger partial charge is 0.451 e. The number of aryl methyl sites for hydroxylation is 1. The first-order valence-corrected chi connectivity index (χ1v) is 12.6. The van der Waals surface area contributed by atoms with Gasteiger partial charge in [-0.05, 0) is 25.3 Å². The van der Waals surface area contributed by atoms with Crippen molar-refractivity contribution in [3.63, 3.8) is 0 Å². The fraction of sp³-hybridized carbons (Fsp3) is 0.591. The van der Waals surface area contributed by atoms with Gasteiger partial charge in [-0.3, -0.25) is 4.79 Å². The summed E-state index contributed by atoms with van der Waals surface area (Å²) in [5.41, 5.74) is 0. The number of halogens is 3. The Labute approximate surface area is 204 Å². The van der Waals surface area contributed by atoms with Crippen LogP contribution in [0.5, 0.6) is 0 Å². The third-order valence-electron chi connectivity index (χ3n) is 6.40. The number of hydrogen-bond donors (Lipinski definition) is 1. The number of aromatic nitrogens is 5. The Kier molecular flexibility index (Phi) is 6.28. The SMILES string of the molecule is CCCc1cc2c(N3CCn4c(nnc4C(F)(F)F)C3)nc(N3CCC(NC(C)=O)CC3)nc2s1. The maximum Gasteiger partial charge on any atom is 0.451 e. The minimum absolute atomic E-state index is 0.0305. The molecule has 35 heavy (non-hydrogen) atoms. The van der Waals surface area contributed by atoms with E-state index in [0.29, 0.717) is 25.6 Å². The van der Waals surface area contributed by atoms with Crippen LogP contribution in [-0.4, -0.2) is 56.3 Å². The Balaban J connectivity index is 1.46. The summed E-state index contributed by atoms with van der Waals surface area (Å²) in [7, 11) is 0. The Morgan fingerprint density at radius 1 is 1.14 bits per heavy atom. The molecule has 9 nitrogen and oxygen atoms in total. The van der Waals surface area contributed by atoms with Crippen molar-refractivity contribution >= 4 is 39.2 Å². The molecule has 2 aliphatic heterocycles. The van der Waals surface area contributed by atoms with Crippen molar-refractivity contribution in [1.29, 1.82) is 0 Å². The molecule has 0 bridgehead atoms. The molecule has 1 N–H and O–H groups in total. The smallest absolute Gasteiger partial charge is 0.353 e. The first-order chi connectivity index (χ1) is 16.7. The topological polar surface area (TPSA) is 92.1 Å². The van der Waals surface area contributed by atoms with Crippen LogP contribution >= 0.6 is 11.3 Å². The van der Waals surface area contributed by atoms with Gasteiger partial charge >= 0.3 is 6.18 Å². The molecule has 0 aliphatic carbocycles. The van der Waals surface area contributed by atoms with Gasteiger partial charge in [0.15, 0.2) is 5.82 Å². The summed E-state index contributed by atoms with van der Waals surface area (Å²) < 4.78 is 41.0. The van der Waals surface area contributed by atoms with Crippen LogP contribution in [0.15, 0.2) is 6.07 Å². The summed E-state index contributed by atoms with van der Waals surface area (Å²) >= 11 is 1.64. The van der Waals surface area contributed by atoms with Gasteiger partial charge in [0.1, 0.15) is 10.6 Å². The number of amides is 1. The molecule has 3 aromatic rings. The Bertz CT molecular complexity index is 1230. The summed E-state index contributed by atoms with van der Waals surface area (Å²) in [5, 5.41) is 11.1. The molecule has 1 amide bonds. The van der Waals surface area contributed by atoms with Crippen molar-refractivity contribution in [2.75, 3.05) is 29.4 Å². The maximum atomic E-state index is 13.3. The summed E-state index contributed by atoms with van der Waals surface area (Å²) in [6, 6.07) is 2.24. The van der Waals surface area contributed by atoms with E-state index in [2.05, 4.69) is 33.4 Å². The summed E-state index contributed by atoms with van der Waals surface area (Å²) in [6.07, 6.45) is -0.994. The molecule has 0 unspecified atom stereocenters. The lowest BCUT2D eigenvalue weighted by atomic mass is 10.1. The highest BCUT2D eigenvalue weighted by molar-refractivity contribution is 7.18. The van der Waals surface area contributed by atoms with Crippen molar-refractivity contribution in [1.82, 2.24) is 30.0 Å². The van der Waals surface area contributed by atoms with Crippen molar-refractivity contribution < 1.29 is 18.0 Å². The van der Waals surface area contributed by atoms with E-state index in [1.165, 1.54) is 11.8 Å². The number of nitrogens with zero attached hydrogens (tertiary/aromatic N) is 7. The number of thiophene rings is 1. The molecule has 13 heteroatoms. The van der Waals surface area contributed by atoms with Crippen molar-refractivity contribution in [3.05, 3.63) is 22.6 Å². The van der Waals surface area contributed by atoms with Gasteiger partial charge in [-0.1, -0.05) is 13.3 Å². The molecule has 1 fully saturated rings. The number of anilines is 2. The second-order valence-electron chi connectivity index (χ2n) is 9.00. The quantitative estimate of drug-likeness (QED) is 0.565. The van der Waals surface area contributed by atoms with Crippen LogP contribution in [0.25, 0.3) is 10.2 Å². The van der Waals surface area contributed by atoms with Gasteiger partial charge in [-0.15, -0.1) is 21.5 Å². The third-order valence-corrected chi connectivity index (χ3v) is 7.49. The molecular weight excluding hydrogens is 481 g/mol. The van der Waals surface area contributed by atoms with E-state index in [-0.39, 0.29) is 30.9 Å². The second kappa shape index (κ2) is 9.25. The molecule has 0 saturated carbocycles. The first-order valence-electron chi connectivity index (χ1n) is 11.8. The normalized spacial score (nSPS) is 17.2. The van der Waals surface area contributed by atoms with Gasteiger partial charge in [0, 0.05) is 44.0 Å². The zero-order valence-electron chi connectivity index (χ0n) is 19.6. The Morgan fingerprint density at radius 3 is 2.60 bits per heavy atom. The minimum atomic E-state index is -4.53. The lowest BCUT2D eigenvalue weighted by Crippen LogP contribution is -2.44. The molecule has 2 aliphatic rings. The van der Waals surface area contributed by atoms with E-state index >= 15 is 0 Å². The van der Waals surface area contributed by atoms with Crippen LogP contribution in [0.2, 0.25) is 0 Å². The average Bonchev–Trinajstić information content (AvgIpc) is 3.42. The molecule has 1 saturated heterocycles. The molecule has 5 heterocycles. The standard InChI is InChI=1S/C22H27F3N8OS/c1-3-4-15-11-16-18(32-9-10-33-17(12-32)29-30-20(33)22(23,24)25)27-21(28-19(16)35-15)31-7-5-14(6-8-31)26-13(2)34/h11,14H,3-10,12H2,1-2H3,(H,26,34). The maximum absolute atomic E-state index is 13.3. The average molecular weight is 509 g/mol. The molecule has 3 aromatic heterocycles. The van der Waals surface area contributed by atoms with E-state index in [9.17, 15) is 18.0 Å². The van der Waals surface area contributed by atoms with Crippen LogP contribution in [-0.2, 0) is 30.5 Å². The predicted molar refractivity (Wildman–Crippen MR) is 127 cm³/mol. The van der Waals surface area contributed by atoms with Crippen LogP contribution in [0.4, 0.5) is 24.9 Å². The number of carbonyl (C=O) groups excluding carboxylic acids is 1. The predicted octanol–water partition coefficient (Wildman–Crippen LogP) is 3.38. The van der Waals surface area contributed by atoms with Crippen LogP contribution in [0, 0.1) is 0 Å². The number of hydrogen-bond acceptors (Lipinski definition) is 8. The zero-order chi connectivity index (χ0) is 24.7. The molecule has 0 spiro atoms. The molecular formula is C22H27F3N8OS. The highest BCUT2D eigenvalue weighted by atomic mass is 32.1. The van der Waals surface area contributed by atoms with Gasteiger partial charge in [-0.25, -0.2) is 4.98 Å². The Hall–Kier alpha value is -2.96. The van der Waals surface area contributed by atoms with E-state index in [0.717, 1.165) is 46.3 Å². The van der Waals surface area contributed by atoms with E-state index in [1.807, 2.05) is 4.90 Å². The lowest BCUT2D eigenvalue weighted by molar-refractivity contribution is -0.147. The number of fused-ring (bicyclic) bond motifs is 2. The number of carbonyl (C=O) groups is 1. The van der Waals surface area contributed by atoms with Gasteiger partial charge < -0.3 is 19.7 Å². The van der Waals surface area contributed by atoms with E-state index < -0.39 is 12.0 Å². The molecule has 0 aromatic carbocycles. The summed E-state index contributed by atoms with van der Waals surface area (Å²) in [4.78, 5) is 27.4. The Morgan fingerprint density at radius 2 is 1.91 bits per heavy atom. The van der Waals surface area contributed by atoms with Gasteiger partial charge in [0.2, 0.25) is 17.7 Å². The number of alkyl halides is 3. The minimum Gasteiger partial charge on any atom is -0.353 e. The van der Waals surface area contributed by atoms with Crippen molar-refractivity contribution in [3.8, 4) is 0 Å².